The lowest BCUT2D eigenvalue weighted by Gasteiger charge is -2.35. The minimum atomic E-state index is -0.588. The molecule has 0 saturated carbocycles. The van der Waals surface area contributed by atoms with E-state index in [0.717, 1.165) is 5.56 Å². The minimum Gasteiger partial charge on any atom is -0.454 e. The Bertz CT molecular complexity index is 1030. The third-order valence-corrected chi connectivity index (χ3v) is 6.27. The van der Waals surface area contributed by atoms with Crippen molar-refractivity contribution >= 4 is 23.4 Å². The van der Waals surface area contributed by atoms with Crippen LogP contribution in [0.15, 0.2) is 48.5 Å². The maximum absolute atomic E-state index is 13.2. The van der Waals surface area contributed by atoms with Crippen molar-refractivity contribution in [2.45, 2.75) is 39.2 Å². The van der Waals surface area contributed by atoms with Crippen molar-refractivity contribution in [2.75, 3.05) is 25.2 Å². The number of rotatable bonds is 7. The van der Waals surface area contributed by atoms with Crippen LogP contribution >= 0.6 is 0 Å². The van der Waals surface area contributed by atoms with E-state index in [9.17, 15) is 14.4 Å². The van der Waals surface area contributed by atoms with Crippen LogP contribution in [-0.4, -0.2) is 48.5 Å². The number of ether oxygens (including phenoxy) is 2. The molecule has 1 fully saturated rings. The highest BCUT2D eigenvalue weighted by Crippen LogP contribution is 2.34. The summed E-state index contributed by atoms with van der Waals surface area (Å²) in [4.78, 5) is 40.3. The number of amides is 3. The van der Waals surface area contributed by atoms with Crippen molar-refractivity contribution in [1.82, 2.24) is 10.2 Å². The second kappa shape index (κ2) is 10.6. The van der Waals surface area contributed by atoms with Gasteiger partial charge in [-0.3, -0.25) is 14.4 Å². The number of carbonyl (C=O) groups is 3. The van der Waals surface area contributed by atoms with Crippen LogP contribution in [0.3, 0.4) is 0 Å². The van der Waals surface area contributed by atoms with Crippen molar-refractivity contribution in [3.63, 3.8) is 0 Å². The van der Waals surface area contributed by atoms with E-state index < -0.39 is 6.04 Å². The Morgan fingerprint density at radius 3 is 2.41 bits per heavy atom. The van der Waals surface area contributed by atoms with Crippen molar-refractivity contribution in [3.05, 3.63) is 54.1 Å². The van der Waals surface area contributed by atoms with E-state index in [0.29, 0.717) is 43.1 Å². The molecule has 2 aliphatic rings. The van der Waals surface area contributed by atoms with Crippen LogP contribution in [0.25, 0.3) is 0 Å². The molecule has 2 aromatic carbocycles. The van der Waals surface area contributed by atoms with Crippen LogP contribution in [-0.2, 0) is 20.8 Å². The van der Waals surface area contributed by atoms with Gasteiger partial charge in [0.05, 0.1) is 6.42 Å². The molecule has 1 saturated heterocycles. The Kier molecular flexibility index (Phi) is 7.35. The SMILES string of the molecule is CC(C)[C@@H](NC(=O)Cc1ccccc1)C(=O)N1CCC(C(=O)Nc2ccc3c(c2)OCO3)CC1. The monoisotopic (exact) mass is 465 g/mol. The number of piperidine rings is 1. The molecule has 8 heteroatoms. The Morgan fingerprint density at radius 2 is 1.71 bits per heavy atom. The summed E-state index contributed by atoms with van der Waals surface area (Å²) < 4.78 is 10.7. The fourth-order valence-electron chi connectivity index (χ4n) is 4.30. The molecular weight excluding hydrogens is 434 g/mol. The molecule has 2 N–H and O–H groups in total. The zero-order valence-electron chi connectivity index (χ0n) is 19.6. The maximum Gasteiger partial charge on any atom is 0.245 e. The number of nitrogens with zero attached hydrogens (tertiary/aromatic N) is 1. The number of benzene rings is 2. The molecule has 0 radical (unpaired) electrons. The van der Waals surface area contributed by atoms with E-state index in [-0.39, 0.29) is 42.8 Å². The molecule has 2 aromatic rings. The molecule has 1 atom stereocenters. The number of nitrogens with one attached hydrogen (secondary N) is 2. The van der Waals surface area contributed by atoms with E-state index in [1.54, 1.807) is 23.1 Å². The van der Waals surface area contributed by atoms with Gasteiger partial charge in [-0.2, -0.15) is 0 Å². The third-order valence-electron chi connectivity index (χ3n) is 6.27. The topological polar surface area (TPSA) is 97.0 Å². The molecule has 0 aliphatic carbocycles. The molecule has 180 valence electrons. The highest BCUT2D eigenvalue weighted by molar-refractivity contribution is 5.93. The Morgan fingerprint density at radius 1 is 1.00 bits per heavy atom. The van der Waals surface area contributed by atoms with Gasteiger partial charge in [0.15, 0.2) is 11.5 Å². The number of anilines is 1. The summed E-state index contributed by atoms with van der Waals surface area (Å²) in [6.07, 6.45) is 1.38. The highest BCUT2D eigenvalue weighted by Gasteiger charge is 2.33. The van der Waals surface area contributed by atoms with E-state index in [2.05, 4.69) is 10.6 Å². The highest BCUT2D eigenvalue weighted by atomic mass is 16.7. The van der Waals surface area contributed by atoms with Gasteiger partial charge in [0.25, 0.3) is 0 Å². The number of hydrogen-bond acceptors (Lipinski definition) is 5. The molecule has 2 aliphatic heterocycles. The minimum absolute atomic E-state index is 0.0424. The quantitative estimate of drug-likeness (QED) is 0.655. The first-order chi connectivity index (χ1) is 16.4. The largest absolute Gasteiger partial charge is 0.454 e. The van der Waals surface area contributed by atoms with Crippen LogP contribution in [0.2, 0.25) is 0 Å². The van der Waals surface area contributed by atoms with Gasteiger partial charge in [0, 0.05) is 30.8 Å². The van der Waals surface area contributed by atoms with E-state index in [1.807, 2.05) is 44.2 Å². The lowest BCUT2D eigenvalue weighted by atomic mass is 9.94. The first-order valence-corrected chi connectivity index (χ1v) is 11.7. The first kappa shape index (κ1) is 23.6. The Hall–Kier alpha value is -3.55. The molecule has 0 spiro atoms. The summed E-state index contributed by atoms with van der Waals surface area (Å²) in [6.45, 7) is 5.00. The summed E-state index contributed by atoms with van der Waals surface area (Å²) in [5.41, 5.74) is 1.57. The molecule has 4 rings (SSSR count). The van der Waals surface area contributed by atoms with E-state index in [1.165, 1.54) is 0 Å². The van der Waals surface area contributed by atoms with Crippen LogP contribution in [0.1, 0.15) is 32.3 Å². The molecule has 2 heterocycles. The molecule has 34 heavy (non-hydrogen) atoms. The Balaban J connectivity index is 1.28. The first-order valence-electron chi connectivity index (χ1n) is 11.7. The smallest absolute Gasteiger partial charge is 0.245 e. The second-order valence-corrected chi connectivity index (χ2v) is 9.11. The second-order valence-electron chi connectivity index (χ2n) is 9.11. The zero-order chi connectivity index (χ0) is 24.1. The number of carbonyl (C=O) groups excluding carboxylic acids is 3. The van der Waals surface area contributed by atoms with E-state index >= 15 is 0 Å². The van der Waals surface area contributed by atoms with Crippen LogP contribution in [0.4, 0.5) is 5.69 Å². The van der Waals surface area contributed by atoms with Crippen LogP contribution in [0, 0.1) is 11.8 Å². The van der Waals surface area contributed by atoms with Crippen LogP contribution in [0.5, 0.6) is 11.5 Å². The lowest BCUT2D eigenvalue weighted by Crippen LogP contribution is -2.53. The van der Waals surface area contributed by atoms with Gasteiger partial charge in [0.2, 0.25) is 24.5 Å². The Labute approximate surface area is 199 Å². The number of hydrogen-bond donors (Lipinski definition) is 2. The predicted octanol–water partition coefficient (Wildman–Crippen LogP) is 2.98. The summed E-state index contributed by atoms with van der Waals surface area (Å²) in [6, 6.07) is 14.2. The van der Waals surface area contributed by atoms with Crippen molar-refractivity contribution in [2.24, 2.45) is 11.8 Å². The molecular formula is C26H31N3O5. The summed E-state index contributed by atoms with van der Waals surface area (Å²) >= 11 is 0. The van der Waals surface area contributed by atoms with Gasteiger partial charge < -0.3 is 25.0 Å². The standard InChI is InChI=1S/C26H31N3O5/c1-17(2)24(28-23(30)14-18-6-4-3-5-7-18)26(32)29-12-10-19(11-13-29)25(31)27-20-8-9-21-22(15-20)34-16-33-21/h3-9,15,17,19,24H,10-14,16H2,1-2H3,(H,27,31)(H,28,30)/t24-/m1/s1. The fourth-order valence-corrected chi connectivity index (χ4v) is 4.30. The molecule has 0 unspecified atom stereocenters. The van der Waals surface area contributed by atoms with Gasteiger partial charge in [-0.25, -0.2) is 0 Å². The molecule has 0 aromatic heterocycles. The maximum atomic E-state index is 13.2. The van der Waals surface area contributed by atoms with Gasteiger partial charge in [-0.1, -0.05) is 44.2 Å². The third kappa shape index (κ3) is 5.68. The average molecular weight is 466 g/mol. The molecule has 3 amide bonds. The normalized spacial score (nSPS) is 16.3. The molecule has 0 bridgehead atoms. The number of fused-ring (bicyclic) bond motifs is 1. The number of likely N-dealkylation sites (tertiary alicyclic amines) is 1. The van der Waals surface area contributed by atoms with Crippen molar-refractivity contribution < 1.29 is 23.9 Å². The predicted molar refractivity (Wildman–Crippen MR) is 127 cm³/mol. The van der Waals surface area contributed by atoms with Gasteiger partial charge in [-0.15, -0.1) is 0 Å². The van der Waals surface area contributed by atoms with E-state index in [4.69, 9.17) is 9.47 Å². The fraction of sp³-hybridized carbons (Fsp3) is 0.423. The summed E-state index contributed by atoms with van der Waals surface area (Å²) in [7, 11) is 0. The van der Waals surface area contributed by atoms with Crippen molar-refractivity contribution in [1.29, 1.82) is 0 Å². The van der Waals surface area contributed by atoms with Crippen molar-refractivity contribution in [3.8, 4) is 11.5 Å². The molecule has 8 nitrogen and oxygen atoms in total. The zero-order valence-corrected chi connectivity index (χ0v) is 19.6. The van der Waals surface area contributed by atoms with Gasteiger partial charge in [-0.05, 0) is 36.5 Å². The van der Waals surface area contributed by atoms with Gasteiger partial charge >= 0.3 is 0 Å². The van der Waals surface area contributed by atoms with Gasteiger partial charge in [0.1, 0.15) is 6.04 Å². The lowest BCUT2D eigenvalue weighted by molar-refractivity contribution is -0.139. The van der Waals surface area contributed by atoms with Crippen LogP contribution < -0.4 is 20.1 Å². The average Bonchev–Trinajstić information content (AvgIpc) is 3.30. The summed E-state index contributed by atoms with van der Waals surface area (Å²) in [5, 5.41) is 5.86. The summed E-state index contributed by atoms with van der Waals surface area (Å²) in [5.74, 6) is 0.733.